The molecule has 5 heteroatoms. The molecule has 0 saturated carbocycles. The lowest BCUT2D eigenvalue weighted by Crippen LogP contribution is -2.09. The Morgan fingerprint density at radius 2 is 2.33 bits per heavy atom. The van der Waals surface area contributed by atoms with Crippen molar-refractivity contribution in [3.63, 3.8) is 0 Å². The first-order chi connectivity index (χ1) is 7.18. The highest BCUT2D eigenvalue weighted by atomic mass is 19.1. The molecule has 1 heterocycles. The van der Waals surface area contributed by atoms with Gasteiger partial charge in [-0.05, 0) is 25.1 Å². The van der Waals surface area contributed by atoms with Crippen molar-refractivity contribution in [2.75, 3.05) is 13.1 Å². The van der Waals surface area contributed by atoms with Gasteiger partial charge in [-0.25, -0.2) is 4.39 Å². The SMILES string of the molecule is O=[N+]([O-])c1ccc(F)cc1C1CCNC1. The minimum atomic E-state index is -0.451. The highest BCUT2D eigenvalue weighted by Gasteiger charge is 2.25. The molecule has 80 valence electrons. The molecule has 1 atom stereocenters. The van der Waals surface area contributed by atoms with Gasteiger partial charge in [0.05, 0.1) is 4.92 Å². The lowest BCUT2D eigenvalue weighted by Gasteiger charge is -2.08. The van der Waals surface area contributed by atoms with Crippen molar-refractivity contribution in [3.8, 4) is 0 Å². The Labute approximate surface area is 86.3 Å². The number of hydrogen-bond acceptors (Lipinski definition) is 3. The zero-order valence-corrected chi connectivity index (χ0v) is 8.07. The van der Waals surface area contributed by atoms with E-state index in [1.165, 1.54) is 12.1 Å². The summed E-state index contributed by atoms with van der Waals surface area (Å²) in [5, 5.41) is 13.9. The summed E-state index contributed by atoms with van der Waals surface area (Å²) >= 11 is 0. The lowest BCUT2D eigenvalue weighted by atomic mass is 9.96. The van der Waals surface area contributed by atoms with Crippen LogP contribution in [0.5, 0.6) is 0 Å². The molecule has 1 unspecified atom stereocenters. The van der Waals surface area contributed by atoms with Gasteiger partial charge in [0.2, 0.25) is 0 Å². The fourth-order valence-corrected chi connectivity index (χ4v) is 1.94. The first kappa shape index (κ1) is 10.0. The Hall–Kier alpha value is -1.49. The van der Waals surface area contributed by atoms with Crippen molar-refractivity contribution in [1.29, 1.82) is 0 Å². The summed E-state index contributed by atoms with van der Waals surface area (Å²) in [6.45, 7) is 1.52. The summed E-state index contributed by atoms with van der Waals surface area (Å²) in [4.78, 5) is 10.3. The zero-order chi connectivity index (χ0) is 10.8. The van der Waals surface area contributed by atoms with E-state index in [4.69, 9.17) is 0 Å². The van der Waals surface area contributed by atoms with Gasteiger partial charge in [-0.1, -0.05) is 0 Å². The second-order valence-electron chi connectivity index (χ2n) is 3.65. The van der Waals surface area contributed by atoms with Gasteiger partial charge in [-0.15, -0.1) is 0 Å². The van der Waals surface area contributed by atoms with Gasteiger partial charge in [0.1, 0.15) is 5.82 Å². The molecule has 4 nitrogen and oxygen atoms in total. The van der Waals surface area contributed by atoms with E-state index in [1.807, 2.05) is 0 Å². The molecule has 0 amide bonds. The minimum absolute atomic E-state index is 0.0186. The van der Waals surface area contributed by atoms with E-state index in [9.17, 15) is 14.5 Å². The number of hydrogen-bond donors (Lipinski definition) is 1. The number of halogens is 1. The second-order valence-corrected chi connectivity index (χ2v) is 3.65. The molecule has 1 aromatic carbocycles. The Kier molecular flexibility index (Phi) is 2.64. The first-order valence-electron chi connectivity index (χ1n) is 4.83. The Morgan fingerprint density at radius 3 is 2.93 bits per heavy atom. The van der Waals surface area contributed by atoms with Crippen molar-refractivity contribution >= 4 is 5.69 Å². The van der Waals surface area contributed by atoms with Gasteiger partial charge in [0, 0.05) is 24.1 Å². The maximum absolute atomic E-state index is 13.0. The van der Waals surface area contributed by atoms with Gasteiger partial charge < -0.3 is 5.32 Å². The molecule has 0 bridgehead atoms. The van der Waals surface area contributed by atoms with Crippen LogP contribution in [0, 0.1) is 15.9 Å². The Bertz CT molecular complexity index is 389. The van der Waals surface area contributed by atoms with E-state index in [0.29, 0.717) is 12.1 Å². The number of nitrogens with one attached hydrogen (secondary N) is 1. The lowest BCUT2D eigenvalue weighted by molar-refractivity contribution is -0.385. The number of rotatable bonds is 2. The van der Waals surface area contributed by atoms with Crippen LogP contribution in [0.2, 0.25) is 0 Å². The number of nitro benzene ring substituents is 1. The topological polar surface area (TPSA) is 55.2 Å². The fraction of sp³-hybridized carbons (Fsp3) is 0.400. The molecule has 1 aromatic rings. The molecule has 1 N–H and O–H groups in total. The standard InChI is InChI=1S/C10H11FN2O2/c11-8-1-2-10(13(14)15)9(5-8)7-3-4-12-6-7/h1-2,5,7,12H,3-4,6H2. The largest absolute Gasteiger partial charge is 0.316 e. The summed E-state index contributed by atoms with van der Waals surface area (Å²) in [6.07, 6.45) is 0.824. The highest BCUT2D eigenvalue weighted by molar-refractivity contribution is 5.43. The molecule has 1 saturated heterocycles. The van der Waals surface area contributed by atoms with Crippen molar-refractivity contribution in [2.24, 2.45) is 0 Å². The van der Waals surface area contributed by atoms with E-state index >= 15 is 0 Å². The van der Waals surface area contributed by atoms with Gasteiger partial charge in [0.25, 0.3) is 5.69 Å². The number of nitro groups is 1. The van der Waals surface area contributed by atoms with E-state index in [-0.39, 0.29) is 11.6 Å². The minimum Gasteiger partial charge on any atom is -0.316 e. The van der Waals surface area contributed by atoms with Crippen molar-refractivity contribution in [1.82, 2.24) is 5.32 Å². The highest BCUT2D eigenvalue weighted by Crippen LogP contribution is 2.30. The van der Waals surface area contributed by atoms with E-state index in [1.54, 1.807) is 0 Å². The van der Waals surface area contributed by atoms with Crippen LogP contribution in [0.4, 0.5) is 10.1 Å². The molecule has 0 spiro atoms. The third-order valence-corrected chi connectivity index (χ3v) is 2.69. The molecule has 1 aliphatic rings. The molecule has 2 rings (SSSR count). The normalized spacial score (nSPS) is 20.5. The molecule has 0 aliphatic carbocycles. The third kappa shape index (κ3) is 1.97. The van der Waals surface area contributed by atoms with Gasteiger partial charge >= 0.3 is 0 Å². The predicted molar refractivity (Wildman–Crippen MR) is 53.3 cm³/mol. The molecule has 0 radical (unpaired) electrons. The van der Waals surface area contributed by atoms with Crippen LogP contribution in [-0.2, 0) is 0 Å². The molecule has 1 fully saturated rings. The molecule has 0 aromatic heterocycles. The Balaban J connectivity index is 2.41. The smallest absolute Gasteiger partial charge is 0.273 e. The predicted octanol–water partition coefficient (Wildman–Crippen LogP) is 1.81. The van der Waals surface area contributed by atoms with Crippen LogP contribution in [0.25, 0.3) is 0 Å². The Morgan fingerprint density at radius 1 is 1.53 bits per heavy atom. The van der Waals surface area contributed by atoms with Crippen molar-refractivity contribution in [3.05, 3.63) is 39.7 Å². The molecular formula is C10H11FN2O2. The maximum Gasteiger partial charge on any atom is 0.273 e. The average molecular weight is 210 g/mol. The summed E-state index contributed by atoms with van der Waals surface area (Å²) in [7, 11) is 0. The monoisotopic (exact) mass is 210 g/mol. The molecule has 15 heavy (non-hydrogen) atoms. The quantitative estimate of drug-likeness (QED) is 0.598. The van der Waals surface area contributed by atoms with E-state index in [0.717, 1.165) is 19.0 Å². The number of nitrogens with zero attached hydrogens (tertiary/aromatic N) is 1. The zero-order valence-electron chi connectivity index (χ0n) is 8.07. The van der Waals surface area contributed by atoms with Gasteiger partial charge in [-0.3, -0.25) is 10.1 Å². The van der Waals surface area contributed by atoms with Crippen molar-refractivity contribution < 1.29 is 9.31 Å². The average Bonchev–Trinajstić information content (AvgIpc) is 2.69. The summed E-state index contributed by atoms with van der Waals surface area (Å²) in [5.41, 5.74) is 0.523. The van der Waals surface area contributed by atoms with E-state index in [2.05, 4.69) is 5.32 Å². The van der Waals surface area contributed by atoms with Crippen molar-refractivity contribution in [2.45, 2.75) is 12.3 Å². The van der Waals surface area contributed by atoms with Crippen LogP contribution in [0.3, 0.4) is 0 Å². The van der Waals surface area contributed by atoms with Gasteiger partial charge in [-0.2, -0.15) is 0 Å². The fourth-order valence-electron chi connectivity index (χ4n) is 1.94. The maximum atomic E-state index is 13.0. The summed E-state index contributed by atoms with van der Waals surface area (Å²) in [5.74, 6) is -0.358. The third-order valence-electron chi connectivity index (χ3n) is 2.69. The van der Waals surface area contributed by atoms with E-state index < -0.39 is 10.7 Å². The van der Waals surface area contributed by atoms with Gasteiger partial charge in [0.15, 0.2) is 0 Å². The van der Waals surface area contributed by atoms with Crippen LogP contribution >= 0.6 is 0 Å². The van der Waals surface area contributed by atoms with Crippen LogP contribution in [-0.4, -0.2) is 18.0 Å². The first-order valence-corrected chi connectivity index (χ1v) is 4.83. The van der Waals surface area contributed by atoms with Crippen LogP contribution in [0.1, 0.15) is 17.9 Å². The van der Waals surface area contributed by atoms with Crippen LogP contribution < -0.4 is 5.32 Å². The summed E-state index contributed by atoms with van der Waals surface area (Å²) in [6, 6.07) is 3.64. The molecule has 1 aliphatic heterocycles. The van der Waals surface area contributed by atoms with Crippen LogP contribution in [0.15, 0.2) is 18.2 Å². The second kappa shape index (κ2) is 3.94. The number of benzene rings is 1. The summed E-state index contributed by atoms with van der Waals surface area (Å²) < 4.78 is 13.0. The molecular weight excluding hydrogens is 199 g/mol.